The van der Waals surface area contributed by atoms with Crippen LogP contribution in [0.25, 0.3) is 55.7 Å². The van der Waals surface area contributed by atoms with Gasteiger partial charge in [-0.25, -0.2) is 0 Å². The van der Waals surface area contributed by atoms with Gasteiger partial charge < -0.3 is 10.3 Å². The molecule has 5 aromatic rings. The van der Waals surface area contributed by atoms with Crippen molar-refractivity contribution in [2.24, 2.45) is 17.8 Å². The van der Waals surface area contributed by atoms with E-state index in [4.69, 9.17) is 10.7 Å². The summed E-state index contributed by atoms with van der Waals surface area (Å²) in [5.74, 6) is 0.603. The lowest BCUT2D eigenvalue weighted by Crippen LogP contribution is -2.18. The summed E-state index contributed by atoms with van der Waals surface area (Å²) in [5, 5.41) is 3.91. The molecule has 2 N–H and O–H groups in total. The zero-order valence-electron chi connectivity index (χ0n) is 25.2. The number of aryl methyl sites for hydroxylation is 3. The van der Waals surface area contributed by atoms with Gasteiger partial charge in [0.2, 0.25) is 0 Å². The van der Waals surface area contributed by atoms with Crippen LogP contribution < -0.4 is 5.73 Å². The third-order valence-corrected chi connectivity index (χ3v) is 11.8. The normalized spacial score (nSPS) is 17.9. The predicted octanol–water partition coefficient (Wildman–Crippen LogP) is 10.2. The van der Waals surface area contributed by atoms with E-state index in [1.54, 1.807) is 0 Å². The number of aliphatic imine (C=N–C) groups is 1. The minimum atomic E-state index is 0.0650. The number of hydrogen-bond acceptors (Lipinski definition) is 3. The molecule has 3 nitrogen and oxygen atoms in total. The van der Waals surface area contributed by atoms with E-state index in [-0.39, 0.29) is 6.04 Å². The number of rotatable bonds is 5. The van der Waals surface area contributed by atoms with Crippen LogP contribution in [-0.4, -0.2) is 16.4 Å². The van der Waals surface area contributed by atoms with Gasteiger partial charge in [0.25, 0.3) is 0 Å². The van der Waals surface area contributed by atoms with Crippen molar-refractivity contribution in [2.45, 2.75) is 45.1 Å². The highest BCUT2D eigenvalue weighted by Gasteiger charge is 2.24. The Morgan fingerprint density at radius 1 is 1.05 bits per heavy atom. The number of aromatic nitrogens is 1. The minimum absolute atomic E-state index is 0.0650. The van der Waals surface area contributed by atoms with Gasteiger partial charge in [-0.3, -0.25) is 4.99 Å². The minimum Gasteiger partial charge on any atom is -0.383 e. The quantitative estimate of drug-likeness (QED) is 0.120. The molecule has 0 bridgehead atoms. The summed E-state index contributed by atoms with van der Waals surface area (Å²) >= 11 is 3.80. The molecule has 0 saturated carbocycles. The second-order valence-corrected chi connectivity index (χ2v) is 14.3. The fourth-order valence-corrected chi connectivity index (χ4v) is 9.50. The Morgan fingerprint density at radius 3 is 2.75 bits per heavy atom. The Kier molecular flexibility index (Phi) is 6.69. The Morgan fingerprint density at radius 2 is 1.91 bits per heavy atom. The SMILES string of the molecule is C=C(/C=C\c1sc2c(c1C)C=CCC2)c1ccc2c(c1)c1c3c4c(sc3cc(C(N)=NC3C=CC=CC3)c1n2C)C=CCC4. The number of fused-ring (bicyclic) bond motifs is 8. The lowest BCUT2D eigenvalue weighted by atomic mass is 9.95. The molecule has 0 fully saturated rings. The Bertz CT molecular complexity index is 2200. The van der Waals surface area contributed by atoms with E-state index in [0.717, 1.165) is 54.3 Å². The van der Waals surface area contributed by atoms with Crippen molar-refractivity contribution >= 4 is 84.2 Å². The second-order valence-electron chi connectivity index (χ2n) is 12.1. The number of thiophene rings is 2. The molecule has 8 rings (SSSR count). The van der Waals surface area contributed by atoms with Gasteiger partial charge >= 0.3 is 0 Å². The largest absolute Gasteiger partial charge is 0.383 e. The maximum Gasteiger partial charge on any atom is 0.128 e. The molecule has 3 aromatic heterocycles. The lowest BCUT2D eigenvalue weighted by molar-refractivity contribution is 0.826. The van der Waals surface area contributed by atoms with Gasteiger partial charge in [-0.15, -0.1) is 22.7 Å². The van der Waals surface area contributed by atoms with Crippen molar-refractivity contribution in [3.8, 4) is 0 Å². The number of hydrogen-bond donors (Lipinski definition) is 1. The topological polar surface area (TPSA) is 43.3 Å². The first-order valence-electron chi connectivity index (χ1n) is 15.5. The van der Waals surface area contributed by atoms with Gasteiger partial charge in [-0.1, -0.05) is 61.3 Å². The number of nitrogens with two attached hydrogens (primary N) is 1. The maximum absolute atomic E-state index is 6.86. The van der Waals surface area contributed by atoms with Crippen molar-refractivity contribution < 1.29 is 0 Å². The molecule has 44 heavy (non-hydrogen) atoms. The highest BCUT2D eigenvalue weighted by atomic mass is 32.1. The molecule has 5 heteroatoms. The van der Waals surface area contributed by atoms with Gasteiger partial charge in [0.15, 0.2) is 0 Å². The third kappa shape index (κ3) is 4.41. The fraction of sp³-hybridized carbons (Fsp3) is 0.205. The van der Waals surface area contributed by atoms with Gasteiger partial charge in [0, 0.05) is 53.6 Å². The molecule has 218 valence electrons. The van der Waals surface area contributed by atoms with Crippen LogP contribution in [0.15, 0.2) is 78.4 Å². The maximum atomic E-state index is 6.86. The van der Waals surface area contributed by atoms with E-state index in [1.807, 2.05) is 22.7 Å². The molecule has 0 spiro atoms. The van der Waals surface area contributed by atoms with E-state index < -0.39 is 0 Å². The predicted molar refractivity (Wildman–Crippen MR) is 195 cm³/mol. The van der Waals surface area contributed by atoms with E-state index in [1.165, 1.54) is 57.7 Å². The molecule has 3 heterocycles. The molecule has 0 radical (unpaired) electrons. The first-order valence-corrected chi connectivity index (χ1v) is 17.1. The van der Waals surface area contributed by atoms with Crippen molar-refractivity contribution in [2.75, 3.05) is 0 Å². The zero-order valence-corrected chi connectivity index (χ0v) is 26.8. The highest BCUT2D eigenvalue weighted by molar-refractivity contribution is 7.20. The smallest absolute Gasteiger partial charge is 0.128 e. The van der Waals surface area contributed by atoms with E-state index >= 15 is 0 Å². The average molecular weight is 610 g/mol. The molecule has 3 aliphatic carbocycles. The third-order valence-electron chi connectivity index (χ3n) is 9.35. The average Bonchev–Trinajstić information content (AvgIpc) is 3.68. The van der Waals surface area contributed by atoms with Crippen molar-refractivity contribution in [3.05, 3.63) is 116 Å². The van der Waals surface area contributed by atoms with Crippen LogP contribution >= 0.6 is 22.7 Å². The molecule has 1 atom stereocenters. The van der Waals surface area contributed by atoms with Crippen LogP contribution in [0.3, 0.4) is 0 Å². The van der Waals surface area contributed by atoms with Crippen molar-refractivity contribution in [1.82, 2.24) is 4.57 Å². The van der Waals surface area contributed by atoms with E-state index in [0.29, 0.717) is 5.84 Å². The molecule has 1 unspecified atom stereocenters. The summed E-state index contributed by atoms with van der Waals surface area (Å²) in [4.78, 5) is 9.19. The van der Waals surface area contributed by atoms with Crippen LogP contribution in [0, 0.1) is 6.92 Å². The summed E-state index contributed by atoms with van der Waals surface area (Å²) in [6.07, 6.45) is 27.4. The van der Waals surface area contributed by atoms with Gasteiger partial charge in [-0.05, 0) is 97.2 Å². The Hall–Kier alpha value is -4.19. The summed E-state index contributed by atoms with van der Waals surface area (Å²) in [5.41, 5.74) is 16.6. The fourth-order valence-electron chi connectivity index (χ4n) is 7.06. The molecule has 0 amide bonds. The van der Waals surface area contributed by atoms with Gasteiger partial charge in [-0.2, -0.15) is 0 Å². The Balaban J connectivity index is 1.29. The number of amidine groups is 1. The first kappa shape index (κ1) is 27.4. The molecule has 3 aliphatic rings. The molecular formula is C39H35N3S2. The Labute approximate surface area is 266 Å². The monoisotopic (exact) mass is 609 g/mol. The summed E-state index contributed by atoms with van der Waals surface area (Å²) < 4.78 is 3.60. The van der Waals surface area contributed by atoms with Crippen LogP contribution in [0.1, 0.15) is 61.7 Å². The van der Waals surface area contributed by atoms with Gasteiger partial charge in [0.1, 0.15) is 5.84 Å². The van der Waals surface area contributed by atoms with E-state index in [9.17, 15) is 0 Å². The summed E-state index contributed by atoms with van der Waals surface area (Å²) in [6, 6.07) is 9.15. The molecule has 0 aliphatic heterocycles. The summed E-state index contributed by atoms with van der Waals surface area (Å²) in [6.45, 7) is 6.76. The number of nitrogens with zero attached hydrogens (tertiary/aromatic N) is 2. The first-order chi connectivity index (χ1) is 21.5. The van der Waals surface area contributed by atoms with Gasteiger partial charge in [0.05, 0.1) is 11.6 Å². The van der Waals surface area contributed by atoms with E-state index in [2.05, 4.69) is 110 Å². The highest BCUT2D eigenvalue weighted by Crippen LogP contribution is 2.45. The zero-order chi connectivity index (χ0) is 29.9. The second kappa shape index (κ2) is 10.8. The number of allylic oxidation sites excluding steroid dienone is 6. The standard InChI is InChI=1S/C39H35N3S2/c1-23(17-20-32-24(2)27-13-7-9-15-33(27)43-32)25-18-19-31-29(21-25)37-36-28-14-8-10-16-34(28)44-35(36)22-30(38(37)42(31)3)39(40)41-26-11-5-4-6-12-26/h4-7,10-11,13,16-22,26H,1,8-9,12,14-15H2,2-3H3,(H2,40,41)/b20-17-. The lowest BCUT2D eigenvalue weighted by Gasteiger charge is -2.12. The van der Waals surface area contributed by atoms with Crippen LogP contribution in [0.5, 0.6) is 0 Å². The van der Waals surface area contributed by atoms with Crippen molar-refractivity contribution in [3.63, 3.8) is 0 Å². The summed E-state index contributed by atoms with van der Waals surface area (Å²) in [7, 11) is 2.17. The molecule has 0 saturated heterocycles. The van der Waals surface area contributed by atoms with Crippen LogP contribution in [0.4, 0.5) is 0 Å². The van der Waals surface area contributed by atoms with Crippen molar-refractivity contribution in [1.29, 1.82) is 0 Å². The van der Waals surface area contributed by atoms with Crippen LogP contribution in [-0.2, 0) is 19.9 Å². The molecule has 2 aromatic carbocycles. The van der Waals surface area contributed by atoms with Crippen LogP contribution in [0.2, 0.25) is 0 Å². The number of benzene rings is 2. The molecular weight excluding hydrogens is 575 g/mol.